The molecular weight excluding hydrogens is 236 g/mol. The SMILES string of the molecule is CCOc1ccc(CC(CC)N2CCNCC2)cc1. The molecule has 3 heteroatoms. The van der Waals surface area contributed by atoms with Crippen molar-refractivity contribution in [3.05, 3.63) is 29.8 Å². The smallest absolute Gasteiger partial charge is 0.119 e. The van der Waals surface area contributed by atoms with E-state index in [1.54, 1.807) is 0 Å². The third kappa shape index (κ3) is 4.22. The highest BCUT2D eigenvalue weighted by atomic mass is 16.5. The van der Waals surface area contributed by atoms with Crippen LogP contribution in [-0.4, -0.2) is 43.7 Å². The first kappa shape index (κ1) is 14.4. The standard InChI is InChI=1S/C16H26N2O/c1-3-15(18-11-9-17-10-12-18)13-14-5-7-16(8-6-14)19-4-2/h5-8,15,17H,3-4,9-13H2,1-2H3. The maximum atomic E-state index is 5.49. The van der Waals surface area contributed by atoms with Crippen molar-refractivity contribution < 1.29 is 4.74 Å². The summed E-state index contributed by atoms with van der Waals surface area (Å²) in [5.41, 5.74) is 1.41. The lowest BCUT2D eigenvalue weighted by atomic mass is 10.0. The number of nitrogens with zero attached hydrogens (tertiary/aromatic N) is 1. The van der Waals surface area contributed by atoms with Crippen LogP contribution in [0.1, 0.15) is 25.8 Å². The summed E-state index contributed by atoms with van der Waals surface area (Å²) in [7, 11) is 0. The molecule has 0 spiro atoms. The lowest BCUT2D eigenvalue weighted by Crippen LogP contribution is -2.48. The molecule has 19 heavy (non-hydrogen) atoms. The van der Waals surface area contributed by atoms with Crippen LogP contribution in [0.4, 0.5) is 0 Å². The second kappa shape index (κ2) is 7.51. The monoisotopic (exact) mass is 262 g/mol. The van der Waals surface area contributed by atoms with Gasteiger partial charge < -0.3 is 10.1 Å². The Labute approximate surface area is 116 Å². The molecule has 0 aromatic heterocycles. The molecule has 0 amide bonds. The van der Waals surface area contributed by atoms with Crippen LogP contribution >= 0.6 is 0 Å². The van der Waals surface area contributed by atoms with Crippen molar-refractivity contribution in [2.75, 3.05) is 32.8 Å². The minimum absolute atomic E-state index is 0.667. The van der Waals surface area contributed by atoms with E-state index in [9.17, 15) is 0 Å². The van der Waals surface area contributed by atoms with Crippen LogP contribution in [0.15, 0.2) is 24.3 Å². The van der Waals surface area contributed by atoms with Crippen molar-refractivity contribution in [3.63, 3.8) is 0 Å². The highest BCUT2D eigenvalue weighted by molar-refractivity contribution is 5.27. The molecule has 1 aliphatic heterocycles. The van der Waals surface area contributed by atoms with Crippen LogP contribution in [0, 0.1) is 0 Å². The molecule has 0 aliphatic carbocycles. The fourth-order valence-electron chi connectivity index (χ4n) is 2.74. The topological polar surface area (TPSA) is 24.5 Å². The van der Waals surface area contributed by atoms with E-state index in [0.29, 0.717) is 6.04 Å². The number of rotatable bonds is 6. The Morgan fingerprint density at radius 3 is 2.42 bits per heavy atom. The van der Waals surface area contributed by atoms with Crippen molar-refractivity contribution in [2.24, 2.45) is 0 Å². The first-order valence-electron chi connectivity index (χ1n) is 7.50. The van der Waals surface area contributed by atoms with E-state index in [2.05, 4.69) is 41.4 Å². The van der Waals surface area contributed by atoms with Gasteiger partial charge in [-0.2, -0.15) is 0 Å². The van der Waals surface area contributed by atoms with Crippen LogP contribution in [0.2, 0.25) is 0 Å². The molecule has 1 unspecified atom stereocenters. The highest BCUT2D eigenvalue weighted by Gasteiger charge is 2.18. The molecule has 1 aromatic rings. The maximum absolute atomic E-state index is 5.49. The number of ether oxygens (including phenoxy) is 1. The normalized spacial score (nSPS) is 18.2. The fourth-order valence-corrected chi connectivity index (χ4v) is 2.74. The van der Waals surface area contributed by atoms with E-state index < -0.39 is 0 Å². The summed E-state index contributed by atoms with van der Waals surface area (Å²) < 4.78 is 5.49. The Hall–Kier alpha value is -1.06. The molecule has 1 aromatic carbocycles. The van der Waals surface area contributed by atoms with Gasteiger partial charge in [0.2, 0.25) is 0 Å². The van der Waals surface area contributed by atoms with Crippen LogP contribution in [0.25, 0.3) is 0 Å². The molecule has 1 saturated heterocycles. The molecule has 0 saturated carbocycles. The molecule has 3 nitrogen and oxygen atoms in total. The Morgan fingerprint density at radius 2 is 1.84 bits per heavy atom. The van der Waals surface area contributed by atoms with E-state index in [1.807, 2.05) is 6.92 Å². The largest absolute Gasteiger partial charge is 0.494 e. The van der Waals surface area contributed by atoms with E-state index in [1.165, 1.54) is 25.1 Å². The second-order valence-electron chi connectivity index (χ2n) is 5.13. The first-order valence-corrected chi connectivity index (χ1v) is 7.50. The summed E-state index contributed by atoms with van der Waals surface area (Å²) in [5.74, 6) is 0.974. The van der Waals surface area contributed by atoms with E-state index in [-0.39, 0.29) is 0 Å². The van der Waals surface area contributed by atoms with Gasteiger partial charge in [0.15, 0.2) is 0 Å². The number of hydrogen-bond acceptors (Lipinski definition) is 3. The molecule has 2 rings (SSSR count). The third-order valence-corrected chi connectivity index (χ3v) is 3.84. The maximum Gasteiger partial charge on any atom is 0.119 e. The van der Waals surface area contributed by atoms with Crippen molar-refractivity contribution >= 4 is 0 Å². The number of nitrogens with one attached hydrogen (secondary N) is 1. The summed E-state index contributed by atoms with van der Waals surface area (Å²) in [4.78, 5) is 2.62. The summed E-state index contributed by atoms with van der Waals surface area (Å²) >= 11 is 0. The van der Waals surface area contributed by atoms with Gasteiger partial charge in [-0.1, -0.05) is 19.1 Å². The second-order valence-corrected chi connectivity index (χ2v) is 5.13. The van der Waals surface area contributed by atoms with Crippen LogP contribution < -0.4 is 10.1 Å². The highest BCUT2D eigenvalue weighted by Crippen LogP contribution is 2.17. The van der Waals surface area contributed by atoms with Crippen molar-refractivity contribution in [1.82, 2.24) is 10.2 Å². The van der Waals surface area contributed by atoms with Crippen molar-refractivity contribution in [3.8, 4) is 5.75 Å². The van der Waals surface area contributed by atoms with Gasteiger partial charge in [-0.05, 0) is 37.5 Å². The zero-order valence-corrected chi connectivity index (χ0v) is 12.2. The van der Waals surface area contributed by atoms with Crippen molar-refractivity contribution in [1.29, 1.82) is 0 Å². The zero-order valence-electron chi connectivity index (χ0n) is 12.2. The molecule has 1 aliphatic rings. The van der Waals surface area contributed by atoms with Crippen molar-refractivity contribution in [2.45, 2.75) is 32.7 Å². The fraction of sp³-hybridized carbons (Fsp3) is 0.625. The molecule has 1 heterocycles. The third-order valence-electron chi connectivity index (χ3n) is 3.84. The Kier molecular flexibility index (Phi) is 5.67. The molecule has 0 bridgehead atoms. The molecular formula is C16H26N2O. The summed E-state index contributed by atoms with van der Waals surface area (Å²) in [6.07, 6.45) is 2.36. The zero-order chi connectivity index (χ0) is 13.5. The van der Waals surface area contributed by atoms with E-state index >= 15 is 0 Å². The van der Waals surface area contributed by atoms with Crippen LogP contribution in [0.5, 0.6) is 5.75 Å². The molecule has 1 N–H and O–H groups in total. The van der Waals surface area contributed by atoms with Gasteiger partial charge >= 0.3 is 0 Å². The Morgan fingerprint density at radius 1 is 1.16 bits per heavy atom. The van der Waals surface area contributed by atoms with Gasteiger partial charge in [0, 0.05) is 32.2 Å². The van der Waals surface area contributed by atoms with Gasteiger partial charge in [0.05, 0.1) is 6.61 Å². The number of hydrogen-bond donors (Lipinski definition) is 1. The molecule has 1 atom stereocenters. The predicted molar refractivity (Wildman–Crippen MR) is 79.8 cm³/mol. The molecule has 0 radical (unpaired) electrons. The minimum Gasteiger partial charge on any atom is -0.494 e. The average Bonchev–Trinajstić information content (AvgIpc) is 2.48. The van der Waals surface area contributed by atoms with Gasteiger partial charge in [0.25, 0.3) is 0 Å². The van der Waals surface area contributed by atoms with Gasteiger partial charge in [-0.25, -0.2) is 0 Å². The van der Waals surface area contributed by atoms with Crippen LogP contribution in [0.3, 0.4) is 0 Å². The van der Waals surface area contributed by atoms with E-state index in [0.717, 1.165) is 31.9 Å². The molecule has 1 fully saturated rings. The summed E-state index contributed by atoms with van der Waals surface area (Å²) in [6.45, 7) is 9.65. The summed E-state index contributed by atoms with van der Waals surface area (Å²) in [6, 6.07) is 9.25. The number of piperazine rings is 1. The first-order chi connectivity index (χ1) is 9.33. The minimum atomic E-state index is 0.667. The average molecular weight is 262 g/mol. The number of benzene rings is 1. The van der Waals surface area contributed by atoms with E-state index in [4.69, 9.17) is 4.74 Å². The Bertz CT molecular complexity index is 358. The van der Waals surface area contributed by atoms with Gasteiger partial charge in [-0.15, -0.1) is 0 Å². The lowest BCUT2D eigenvalue weighted by molar-refractivity contribution is 0.167. The lowest BCUT2D eigenvalue weighted by Gasteiger charge is -2.34. The quantitative estimate of drug-likeness (QED) is 0.851. The summed E-state index contributed by atoms with van der Waals surface area (Å²) in [5, 5.41) is 3.42. The predicted octanol–water partition coefficient (Wildman–Crippen LogP) is 2.31. The Balaban J connectivity index is 1.93. The van der Waals surface area contributed by atoms with Gasteiger partial charge in [0.1, 0.15) is 5.75 Å². The van der Waals surface area contributed by atoms with Gasteiger partial charge in [-0.3, -0.25) is 4.90 Å². The van der Waals surface area contributed by atoms with Crippen LogP contribution in [-0.2, 0) is 6.42 Å². The molecule has 106 valence electrons.